The van der Waals surface area contributed by atoms with Gasteiger partial charge in [0.05, 0.1) is 12.6 Å². The summed E-state index contributed by atoms with van der Waals surface area (Å²) in [5.41, 5.74) is 2.93. The smallest absolute Gasteiger partial charge is 0.325 e. The van der Waals surface area contributed by atoms with Crippen molar-refractivity contribution in [1.29, 1.82) is 0 Å². The Morgan fingerprint density at radius 2 is 1.30 bits per heavy atom. The lowest BCUT2D eigenvalue weighted by Gasteiger charge is -2.24. The summed E-state index contributed by atoms with van der Waals surface area (Å²) in [6.07, 6.45) is 0. The molecule has 138 valence electrons. The minimum Gasteiger partial charge on any atom is -0.460 e. The number of carbonyl (C=O) groups excluding carboxylic acids is 1. The van der Waals surface area contributed by atoms with Crippen molar-refractivity contribution in [3.8, 4) is 0 Å². The zero-order valence-electron chi connectivity index (χ0n) is 15.0. The van der Waals surface area contributed by atoms with Crippen molar-refractivity contribution in [2.75, 3.05) is 6.61 Å². The van der Waals surface area contributed by atoms with Crippen LogP contribution in [0.1, 0.15) is 22.7 Å². The van der Waals surface area contributed by atoms with E-state index in [1.54, 1.807) is 0 Å². The molecule has 0 saturated heterocycles. The maximum absolute atomic E-state index is 12.5. The van der Waals surface area contributed by atoms with Gasteiger partial charge < -0.3 is 9.84 Å². The van der Waals surface area contributed by atoms with Gasteiger partial charge >= 0.3 is 5.97 Å². The van der Waals surface area contributed by atoms with Crippen LogP contribution in [0.4, 0.5) is 0 Å². The van der Waals surface area contributed by atoms with Gasteiger partial charge in [0, 0.05) is 0 Å². The zero-order chi connectivity index (χ0) is 18.9. The molecule has 27 heavy (non-hydrogen) atoms. The largest absolute Gasteiger partial charge is 0.460 e. The number of hydrogen-bond acceptors (Lipinski definition) is 4. The second-order valence-corrected chi connectivity index (χ2v) is 6.25. The average molecular weight is 361 g/mol. The molecule has 1 atom stereocenters. The Hall–Kier alpha value is -2.95. The molecule has 3 aromatic carbocycles. The molecule has 3 aromatic rings. The molecule has 2 N–H and O–H groups in total. The van der Waals surface area contributed by atoms with Crippen LogP contribution in [0.5, 0.6) is 0 Å². The third-order valence-corrected chi connectivity index (χ3v) is 4.32. The summed E-state index contributed by atoms with van der Waals surface area (Å²) in [5, 5.41) is 13.0. The Balaban J connectivity index is 1.73. The number of esters is 1. The van der Waals surface area contributed by atoms with Gasteiger partial charge in [-0.3, -0.25) is 10.1 Å². The summed E-state index contributed by atoms with van der Waals surface area (Å²) in [4.78, 5) is 12.5. The van der Waals surface area contributed by atoms with Gasteiger partial charge in [-0.2, -0.15) is 0 Å². The maximum atomic E-state index is 12.5. The molecular formula is C23H23NO3. The molecule has 0 aliphatic rings. The lowest BCUT2D eigenvalue weighted by molar-refractivity contribution is -0.148. The van der Waals surface area contributed by atoms with Crippen molar-refractivity contribution in [1.82, 2.24) is 5.32 Å². The fourth-order valence-corrected chi connectivity index (χ4v) is 2.90. The van der Waals surface area contributed by atoms with Gasteiger partial charge in [-0.1, -0.05) is 91.0 Å². The van der Waals surface area contributed by atoms with Crippen molar-refractivity contribution in [3.05, 3.63) is 108 Å². The summed E-state index contributed by atoms with van der Waals surface area (Å²) in [6, 6.07) is 28.1. The molecule has 0 radical (unpaired) electrons. The van der Waals surface area contributed by atoms with E-state index in [1.807, 2.05) is 91.0 Å². The highest BCUT2D eigenvalue weighted by atomic mass is 16.5. The summed E-state index contributed by atoms with van der Waals surface area (Å²) in [7, 11) is 0. The van der Waals surface area contributed by atoms with Crippen molar-refractivity contribution in [3.63, 3.8) is 0 Å². The van der Waals surface area contributed by atoms with E-state index in [2.05, 4.69) is 5.32 Å². The van der Waals surface area contributed by atoms with Gasteiger partial charge in [0.2, 0.25) is 0 Å². The maximum Gasteiger partial charge on any atom is 0.325 e. The van der Waals surface area contributed by atoms with Crippen LogP contribution in [0.25, 0.3) is 0 Å². The lowest BCUT2D eigenvalue weighted by Crippen LogP contribution is -2.43. The van der Waals surface area contributed by atoms with Gasteiger partial charge in [-0.15, -0.1) is 0 Å². The molecule has 0 aromatic heterocycles. The summed E-state index contributed by atoms with van der Waals surface area (Å²) < 4.78 is 5.39. The van der Waals surface area contributed by atoms with Crippen molar-refractivity contribution in [2.24, 2.45) is 0 Å². The van der Waals surface area contributed by atoms with Crippen molar-refractivity contribution >= 4 is 5.97 Å². The first-order valence-corrected chi connectivity index (χ1v) is 8.95. The Labute approximate surface area is 159 Å². The molecule has 0 aliphatic carbocycles. The van der Waals surface area contributed by atoms with E-state index < -0.39 is 12.0 Å². The van der Waals surface area contributed by atoms with Crippen LogP contribution in [0, 0.1) is 0 Å². The minimum absolute atomic E-state index is 0.180. The van der Waals surface area contributed by atoms with Crippen LogP contribution >= 0.6 is 0 Å². The highest BCUT2D eigenvalue weighted by Gasteiger charge is 2.24. The number of ether oxygens (including phenoxy) is 1. The fourth-order valence-electron chi connectivity index (χ4n) is 2.90. The highest BCUT2D eigenvalue weighted by molar-refractivity contribution is 5.76. The first kappa shape index (κ1) is 18.8. The minimum atomic E-state index is -0.820. The second-order valence-electron chi connectivity index (χ2n) is 6.25. The topological polar surface area (TPSA) is 58.6 Å². The van der Waals surface area contributed by atoms with Gasteiger partial charge in [-0.25, -0.2) is 0 Å². The number of carbonyl (C=O) groups is 1. The number of aliphatic hydroxyl groups is 1. The van der Waals surface area contributed by atoms with E-state index in [1.165, 1.54) is 0 Å². The van der Waals surface area contributed by atoms with Gasteiger partial charge in [0.15, 0.2) is 0 Å². The standard InChI is InChI=1S/C23H23NO3/c25-16-21(23(26)27-17-18-10-4-1-5-11-18)24-22(19-12-6-2-7-13-19)20-14-8-3-9-15-20/h1-15,21-22,24-25H,16-17H2/t21-/m1/s1. The van der Waals surface area contributed by atoms with E-state index in [0.717, 1.165) is 16.7 Å². The van der Waals surface area contributed by atoms with Gasteiger partial charge in [0.1, 0.15) is 12.6 Å². The molecule has 0 saturated carbocycles. The average Bonchev–Trinajstić information content (AvgIpc) is 2.75. The predicted octanol–water partition coefficient (Wildman–Crippen LogP) is 3.47. The number of rotatable bonds is 8. The fraction of sp³-hybridized carbons (Fsp3) is 0.174. The second kappa shape index (κ2) is 9.67. The normalized spacial score (nSPS) is 11.9. The zero-order valence-corrected chi connectivity index (χ0v) is 15.0. The van der Waals surface area contributed by atoms with E-state index in [-0.39, 0.29) is 19.3 Å². The van der Waals surface area contributed by atoms with Crippen LogP contribution in [-0.2, 0) is 16.1 Å². The summed E-state index contributed by atoms with van der Waals surface area (Å²) >= 11 is 0. The first-order valence-electron chi connectivity index (χ1n) is 8.95. The number of hydrogen-bond donors (Lipinski definition) is 2. The summed E-state index contributed by atoms with van der Waals surface area (Å²) in [6.45, 7) is -0.164. The molecule has 0 heterocycles. The third-order valence-electron chi connectivity index (χ3n) is 4.32. The van der Waals surface area contributed by atoms with Crippen LogP contribution in [0.2, 0.25) is 0 Å². The third kappa shape index (κ3) is 5.26. The molecule has 0 aliphatic heterocycles. The van der Waals surface area contributed by atoms with Crippen LogP contribution in [0.3, 0.4) is 0 Å². The van der Waals surface area contributed by atoms with E-state index in [4.69, 9.17) is 4.74 Å². The highest BCUT2D eigenvalue weighted by Crippen LogP contribution is 2.22. The Morgan fingerprint density at radius 1 is 0.815 bits per heavy atom. The molecule has 4 nitrogen and oxygen atoms in total. The first-order chi connectivity index (χ1) is 13.3. The Bertz CT molecular complexity index is 783. The molecule has 3 rings (SSSR count). The molecule has 0 amide bonds. The van der Waals surface area contributed by atoms with Crippen LogP contribution < -0.4 is 5.32 Å². The number of benzene rings is 3. The van der Waals surface area contributed by atoms with Crippen LogP contribution in [0.15, 0.2) is 91.0 Å². The van der Waals surface area contributed by atoms with Gasteiger partial charge in [0.25, 0.3) is 0 Å². The van der Waals surface area contributed by atoms with Crippen molar-refractivity contribution < 1.29 is 14.6 Å². The summed E-state index contributed by atoms with van der Waals surface area (Å²) in [5.74, 6) is -0.474. The monoisotopic (exact) mass is 361 g/mol. The Morgan fingerprint density at radius 3 is 1.78 bits per heavy atom. The van der Waals surface area contributed by atoms with E-state index in [9.17, 15) is 9.90 Å². The van der Waals surface area contributed by atoms with E-state index >= 15 is 0 Å². The van der Waals surface area contributed by atoms with E-state index in [0.29, 0.717) is 0 Å². The SMILES string of the molecule is O=C(OCc1ccccc1)[C@@H](CO)NC(c1ccccc1)c1ccccc1. The molecule has 4 heteroatoms. The Kier molecular flexibility index (Phi) is 6.74. The number of nitrogens with one attached hydrogen (secondary N) is 1. The molecular weight excluding hydrogens is 338 g/mol. The van der Waals surface area contributed by atoms with Gasteiger partial charge in [-0.05, 0) is 16.7 Å². The molecule has 0 bridgehead atoms. The molecule has 0 unspecified atom stereocenters. The predicted molar refractivity (Wildman–Crippen MR) is 105 cm³/mol. The molecule has 0 fully saturated rings. The van der Waals surface area contributed by atoms with Crippen LogP contribution in [-0.4, -0.2) is 23.7 Å². The van der Waals surface area contributed by atoms with Crippen molar-refractivity contribution in [2.45, 2.75) is 18.7 Å². The lowest BCUT2D eigenvalue weighted by atomic mass is 9.98. The quantitative estimate of drug-likeness (QED) is 0.603. The molecule has 0 spiro atoms. The number of aliphatic hydroxyl groups excluding tert-OH is 1.